The van der Waals surface area contributed by atoms with Crippen LogP contribution in [0.15, 0.2) is 97.1 Å². The molecule has 3 N–H and O–H groups in total. The number of aliphatic hydroxyl groups excluding tert-OH is 2. The Balaban J connectivity index is -0.0000000452. The zero-order valence-corrected chi connectivity index (χ0v) is 44.3. The molecule has 0 saturated heterocycles. The summed E-state index contributed by atoms with van der Waals surface area (Å²) in [6, 6.07) is 20.0. The zero-order valence-electron chi connectivity index (χ0n) is 36.2. The van der Waals surface area contributed by atoms with E-state index < -0.39 is 0 Å². The van der Waals surface area contributed by atoms with E-state index in [1.165, 1.54) is 6.92 Å². The number of halogens is 3. The summed E-state index contributed by atoms with van der Waals surface area (Å²) in [5, 5.41) is 17.5. The Morgan fingerprint density at radius 3 is 1.20 bits per heavy atom. The molecule has 0 heterocycles. The number of hydrogen-bond donors (Lipinski definition) is 3. The van der Waals surface area contributed by atoms with E-state index in [4.69, 9.17) is 10.2 Å². The molecule has 0 amide bonds. The van der Waals surface area contributed by atoms with Crippen molar-refractivity contribution < 1.29 is 85.2 Å². The van der Waals surface area contributed by atoms with Crippen molar-refractivity contribution in [2.75, 3.05) is 46.4 Å². The number of ketones is 2. The molecule has 0 unspecified atom stereocenters. The average molecular weight is 984 g/mol. The first kappa shape index (κ1) is 86.5. The molecule has 0 bridgehead atoms. The molecule has 55 heavy (non-hydrogen) atoms. The molecule has 2 aromatic rings. The van der Waals surface area contributed by atoms with E-state index in [0.29, 0.717) is 19.5 Å². The average Bonchev–Trinajstić information content (AvgIpc) is 3.18. The van der Waals surface area contributed by atoms with Gasteiger partial charge in [0.05, 0.1) is 0 Å². The molecule has 0 spiro atoms. The first-order valence-electron chi connectivity index (χ1n) is 17.9. The molecule has 2 aromatic carbocycles. The van der Waals surface area contributed by atoms with Gasteiger partial charge in [-0.2, -0.15) is 0 Å². The molecule has 0 saturated carbocycles. The number of nitrogens with zero attached hydrogens (tertiary/aromatic N) is 1. The van der Waals surface area contributed by atoms with Crippen LogP contribution < -0.4 is 5.32 Å². The quantitative estimate of drug-likeness (QED) is 0.105. The van der Waals surface area contributed by atoms with Crippen molar-refractivity contribution >= 4 is 60.9 Å². The predicted octanol–water partition coefficient (Wildman–Crippen LogP) is 11.2. The van der Waals surface area contributed by atoms with Gasteiger partial charge >= 0.3 is 0 Å². The van der Waals surface area contributed by atoms with Gasteiger partial charge in [-0.15, -0.1) is 63.4 Å². The van der Waals surface area contributed by atoms with E-state index in [0.717, 1.165) is 37.9 Å². The van der Waals surface area contributed by atoms with Crippen molar-refractivity contribution in [1.82, 2.24) is 10.2 Å². The molecule has 0 fully saturated rings. The van der Waals surface area contributed by atoms with E-state index in [9.17, 15) is 9.59 Å². The summed E-state index contributed by atoms with van der Waals surface area (Å²) in [5.74, 6) is 0.197. The maximum Gasteiger partial charge on any atom is 0.156 e. The van der Waals surface area contributed by atoms with Gasteiger partial charge in [-0.05, 0) is 43.7 Å². The van der Waals surface area contributed by atoms with Crippen LogP contribution >= 0.6 is 37.2 Å². The number of hydrogen-bond acceptors (Lipinski definition) is 6. The van der Waals surface area contributed by atoms with Crippen LogP contribution in [0.1, 0.15) is 86.8 Å². The number of allylic oxidation sites excluding steroid dienone is 6. The van der Waals surface area contributed by atoms with Crippen LogP contribution in [0.5, 0.6) is 0 Å². The Morgan fingerprint density at radius 2 is 0.945 bits per heavy atom. The molecule has 0 aromatic heterocycles. The van der Waals surface area contributed by atoms with Gasteiger partial charge in [0.25, 0.3) is 0 Å². The smallest absolute Gasteiger partial charge is 0.156 e. The Morgan fingerprint density at radius 1 is 0.636 bits per heavy atom. The summed E-state index contributed by atoms with van der Waals surface area (Å²) in [6.07, 6.45) is 14.9. The number of carbonyl (C=O) groups is 2. The monoisotopic (exact) mass is 982 g/mol. The second-order valence-electron chi connectivity index (χ2n) is 7.99. The van der Waals surface area contributed by atoms with E-state index >= 15 is 0 Å². The Labute approximate surface area is 410 Å². The fourth-order valence-corrected chi connectivity index (χ4v) is 2.63. The predicted molar refractivity (Wildman–Crippen MR) is 248 cm³/mol. The van der Waals surface area contributed by atoms with Crippen LogP contribution in [0, 0.1) is 27.7 Å². The Hall–Kier alpha value is -0.342. The Kier molecular flexibility index (Phi) is 142. The number of nitrogens with one attached hydrogen (secondary N) is 1. The van der Waals surface area contributed by atoms with E-state index in [1.807, 2.05) is 145 Å². The van der Waals surface area contributed by atoms with Gasteiger partial charge in [0.15, 0.2) is 11.6 Å². The molecular weight excluding hydrogens is 905 g/mol. The maximum atomic E-state index is 11.6. The second-order valence-corrected chi connectivity index (χ2v) is 7.99. The number of benzene rings is 2. The maximum absolute atomic E-state index is 11.6. The van der Waals surface area contributed by atoms with Crippen molar-refractivity contribution in [2.24, 2.45) is 0 Å². The molecule has 0 aliphatic heterocycles. The van der Waals surface area contributed by atoms with Crippen molar-refractivity contribution in [1.29, 1.82) is 0 Å². The van der Waals surface area contributed by atoms with Gasteiger partial charge in [0.1, 0.15) is 0 Å². The number of carbonyl (C=O) groups excluding carboxylic acids is 2. The Bertz CT molecular complexity index is 993. The molecule has 0 atom stereocenters. The number of rotatable bonds is 13. The molecule has 0 aliphatic rings. The van der Waals surface area contributed by atoms with E-state index in [-0.39, 0.29) is 121 Å². The van der Waals surface area contributed by atoms with Gasteiger partial charge in [0.2, 0.25) is 0 Å². The van der Waals surface area contributed by atoms with Gasteiger partial charge in [-0.25, -0.2) is 0 Å². The molecule has 0 aliphatic carbocycles. The minimum Gasteiger partial charge on any atom is -0.400 e. The van der Waals surface area contributed by atoms with Crippen LogP contribution in [0.2, 0.25) is 0 Å². The molecule has 2 radical (unpaired) electrons. The van der Waals surface area contributed by atoms with Crippen molar-refractivity contribution in [3.8, 4) is 0 Å². The SMILES string of the molecule is CC.CC.CC.CC.CC(=O)/C=C/C=C/c1ccccc1.CCO.CO.Cl.Cl.Cl.[CH2-]CN(C[CH2-])CCC(=O)/C=C/C=C/c1ccccc1.[CH2-]CNC[CH2-].[Y].[Y]. The minimum absolute atomic E-state index is 0. The zero-order chi connectivity index (χ0) is 40.3. The third-order valence-corrected chi connectivity index (χ3v) is 4.67. The topological polar surface area (TPSA) is 89.9 Å². The fraction of sp³-hybridized carbons (Fsp3) is 0.409. The molecule has 6 nitrogen and oxygen atoms in total. The van der Waals surface area contributed by atoms with Crippen molar-refractivity contribution in [3.63, 3.8) is 0 Å². The van der Waals surface area contributed by atoms with Crippen molar-refractivity contribution in [2.45, 2.75) is 75.7 Å². The third-order valence-electron chi connectivity index (χ3n) is 4.67. The van der Waals surface area contributed by atoms with Crippen LogP contribution in [-0.4, -0.2) is 73.1 Å². The van der Waals surface area contributed by atoms with Crippen LogP contribution in [-0.2, 0) is 75.0 Å². The van der Waals surface area contributed by atoms with Gasteiger partial charge < -0.3 is 48.1 Å². The second kappa shape index (κ2) is 90.0. The van der Waals surface area contributed by atoms with Crippen LogP contribution in [0.3, 0.4) is 0 Å². The third kappa shape index (κ3) is 86.6. The largest absolute Gasteiger partial charge is 0.400 e. The summed E-state index contributed by atoms with van der Waals surface area (Å²) in [5.41, 5.74) is 2.26. The van der Waals surface area contributed by atoms with Crippen LogP contribution in [0.4, 0.5) is 0 Å². The summed E-state index contributed by atoms with van der Waals surface area (Å²) in [7, 11) is 1.00. The van der Waals surface area contributed by atoms with Crippen molar-refractivity contribution in [3.05, 3.63) is 136 Å². The molecule has 320 valence electrons. The summed E-state index contributed by atoms with van der Waals surface area (Å²) in [4.78, 5) is 24.2. The first-order valence-corrected chi connectivity index (χ1v) is 17.9. The van der Waals surface area contributed by atoms with E-state index in [1.54, 1.807) is 31.2 Å². The van der Waals surface area contributed by atoms with Crippen LogP contribution in [0.25, 0.3) is 12.2 Å². The van der Waals surface area contributed by atoms with Gasteiger partial charge in [-0.1, -0.05) is 153 Å². The minimum atomic E-state index is 0. The molecule has 2 rings (SSSR count). The van der Waals surface area contributed by atoms with Gasteiger partial charge in [0, 0.05) is 85.6 Å². The van der Waals surface area contributed by atoms with E-state index in [2.05, 4.69) is 33.0 Å². The molecule has 11 heteroatoms. The molecular formula is C44H79Cl3N2O4Y2-4. The summed E-state index contributed by atoms with van der Waals surface area (Å²) >= 11 is 0. The first-order chi connectivity index (χ1) is 24.4. The summed E-state index contributed by atoms with van der Waals surface area (Å²) in [6.45, 7) is 37.8. The number of aliphatic hydroxyl groups is 2. The standard InChI is InChI=1S/C17H21NO.C12H12O.C4H9N.C2H6O.4C2H6.CH4O.3ClH.2Y/c1-3-18(4-2)15-14-17(19)13-9-8-12-16-10-6-5-7-11-16;1-11(13)7-5-6-10-12-8-3-2-4-9-12;1-3-5-4-2;1-2-3;5*1-2;;;;;/h5-13H,1-4,14-15H2;2-10H,1H3;5H,1-4H2;3H,2H2,1H3;4*1-2H3;2H,1H3;3*1H;;/q-2;;-2;;;;;;;;;;;/b12-8+,13-9+;7-5+,10-6+;;;;;;;;;;;;. The fourth-order valence-electron chi connectivity index (χ4n) is 2.63. The normalized spacial score (nSPS) is 8.33. The summed E-state index contributed by atoms with van der Waals surface area (Å²) < 4.78 is 0. The van der Waals surface area contributed by atoms with Gasteiger partial charge in [-0.3, -0.25) is 9.59 Å².